The summed E-state index contributed by atoms with van der Waals surface area (Å²) in [6.45, 7) is 3.82. The number of nitrogens with zero attached hydrogens (tertiary/aromatic N) is 1. The van der Waals surface area contributed by atoms with Crippen LogP contribution in [0.25, 0.3) is 0 Å². The summed E-state index contributed by atoms with van der Waals surface area (Å²) in [6, 6.07) is 3.03. The monoisotopic (exact) mass is 152 g/mol. The van der Waals surface area contributed by atoms with Crippen LogP contribution in [0.4, 0.5) is 4.39 Å². The van der Waals surface area contributed by atoms with Gasteiger partial charge in [-0.25, -0.2) is 4.39 Å². The van der Waals surface area contributed by atoms with E-state index in [0.29, 0.717) is 5.69 Å². The Morgan fingerprint density at radius 1 is 1.64 bits per heavy atom. The SMILES string of the molecule is C[CH]C(C)c1ncccc1F. The first kappa shape index (κ1) is 8.18. The molecule has 1 heterocycles. The van der Waals surface area contributed by atoms with Crippen LogP contribution in [0, 0.1) is 12.2 Å². The zero-order chi connectivity index (χ0) is 8.27. The predicted molar refractivity (Wildman–Crippen MR) is 42.6 cm³/mol. The van der Waals surface area contributed by atoms with Crippen LogP contribution in [-0.4, -0.2) is 4.98 Å². The molecule has 1 radical (unpaired) electrons. The maximum Gasteiger partial charge on any atom is 0.144 e. The minimum atomic E-state index is -0.224. The molecule has 0 aliphatic heterocycles. The lowest BCUT2D eigenvalue weighted by Gasteiger charge is -2.06. The molecule has 0 amide bonds. The van der Waals surface area contributed by atoms with Crippen LogP contribution >= 0.6 is 0 Å². The summed E-state index contributed by atoms with van der Waals surface area (Å²) < 4.78 is 12.9. The molecular formula is C9H11FN. The third-order valence-corrected chi connectivity index (χ3v) is 1.72. The Morgan fingerprint density at radius 2 is 2.36 bits per heavy atom. The molecule has 0 saturated heterocycles. The van der Waals surface area contributed by atoms with E-state index in [4.69, 9.17) is 0 Å². The van der Waals surface area contributed by atoms with Gasteiger partial charge in [0, 0.05) is 12.1 Å². The molecule has 0 aliphatic rings. The highest BCUT2D eigenvalue weighted by Crippen LogP contribution is 2.17. The molecule has 0 saturated carbocycles. The van der Waals surface area contributed by atoms with Gasteiger partial charge in [-0.3, -0.25) is 4.98 Å². The molecule has 1 aromatic rings. The lowest BCUT2D eigenvalue weighted by molar-refractivity contribution is 0.588. The van der Waals surface area contributed by atoms with Crippen LogP contribution in [0.15, 0.2) is 18.3 Å². The van der Waals surface area contributed by atoms with Gasteiger partial charge in [0.1, 0.15) is 5.82 Å². The minimum absolute atomic E-state index is 0.0937. The van der Waals surface area contributed by atoms with Gasteiger partial charge in [0.05, 0.1) is 5.69 Å². The molecule has 11 heavy (non-hydrogen) atoms. The van der Waals surface area contributed by atoms with Crippen LogP contribution in [0.2, 0.25) is 0 Å². The Hall–Kier alpha value is -0.920. The normalized spacial score (nSPS) is 13.0. The van der Waals surface area contributed by atoms with Gasteiger partial charge in [0.25, 0.3) is 0 Å². The van der Waals surface area contributed by atoms with Crippen molar-refractivity contribution in [1.29, 1.82) is 0 Å². The zero-order valence-electron chi connectivity index (χ0n) is 6.71. The summed E-state index contributed by atoms with van der Waals surface area (Å²) >= 11 is 0. The quantitative estimate of drug-likeness (QED) is 0.634. The highest BCUT2D eigenvalue weighted by Gasteiger charge is 2.08. The number of pyridine rings is 1. The van der Waals surface area contributed by atoms with Gasteiger partial charge in [-0.2, -0.15) is 0 Å². The van der Waals surface area contributed by atoms with E-state index in [2.05, 4.69) is 4.98 Å². The highest BCUT2D eigenvalue weighted by molar-refractivity contribution is 5.13. The maximum atomic E-state index is 12.9. The van der Waals surface area contributed by atoms with E-state index in [1.54, 1.807) is 12.3 Å². The summed E-state index contributed by atoms with van der Waals surface area (Å²) in [7, 11) is 0. The Morgan fingerprint density at radius 3 is 2.91 bits per heavy atom. The van der Waals surface area contributed by atoms with E-state index in [9.17, 15) is 4.39 Å². The van der Waals surface area contributed by atoms with Crippen molar-refractivity contribution in [3.05, 3.63) is 36.3 Å². The van der Waals surface area contributed by atoms with Gasteiger partial charge in [0.15, 0.2) is 0 Å². The molecule has 0 N–H and O–H groups in total. The van der Waals surface area contributed by atoms with Crippen molar-refractivity contribution in [2.75, 3.05) is 0 Å². The van der Waals surface area contributed by atoms with Gasteiger partial charge >= 0.3 is 0 Å². The van der Waals surface area contributed by atoms with Crippen molar-refractivity contribution in [2.45, 2.75) is 19.8 Å². The van der Waals surface area contributed by atoms with Crippen LogP contribution in [0.5, 0.6) is 0 Å². The molecule has 1 rings (SSSR count). The first-order chi connectivity index (χ1) is 5.25. The molecule has 0 fully saturated rings. The van der Waals surface area contributed by atoms with Crippen molar-refractivity contribution in [2.24, 2.45) is 0 Å². The molecule has 1 nitrogen and oxygen atoms in total. The fourth-order valence-electron chi connectivity index (χ4n) is 0.891. The second-order valence-corrected chi connectivity index (χ2v) is 2.49. The van der Waals surface area contributed by atoms with Crippen molar-refractivity contribution >= 4 is 0 Å². The van der Waals surface area contributed by atoms with E-state index in [1.165, 1.54) is 6.07 Å². The molecule has 1 atom stereocenters. The van der Waals surface area contributed by atoms with E-state index < -0.39 is 0 Å². The number of hydrogen-bond acceptors (Lipinski definition) is 1. The summed E-state index contributed by atoms with van der Waals surface area (Å²) in [5.41, 5.74) is 0.523. The molecule has 0 spiro atoms. The van der Waals surface area contributed by atoms with Gasteiger partial charge in [-0.1, -0.05) is 13.8 Å². The van der Waals surface area contributed by atoms with Crippen molar-refractivity contribution < 1.29 is 4.39 Å². The van der Waals surface area contributed by atoms with E-state index in [-0.39, 0.29) is 11.7 Å². The average Bonchev–Trinajstić information content (AvgIpc) is 2.04. The molecule has 2 heteroatoms. The van der Waals surface area contributed by atoms with Crippen molar-refractivity contribution in [3.63, 3.8) is 0 Å². The molecular weight excluding hydrogens is 141 g/mol. The van der Waals surface area contributed by atoms with E-state index in [1.807, 2.05) is 20.3 Å². The number of hydrogen-bond donors (Lipinski definition) is 0. The average molecular weight is 152 g/mol. The number of halogens is 1. The zero-order valence-corrected chi connectivity index (χ0v) is 6.71. The first-order valence-electron chi connectivity index (χ1n) is 3.65. The van der Waals surface area contributed by atoms with Gasteiger partial charge in [-0.15, -0.1) is 0 Å². The molecule has 1 unspecified atom stereocenters. The fourth-order valence-corrected chi connectivity index (χ4v) is 0.891. The lowest BCUT2D eigenvalue weighted by Crippen LogP contribution is -1.99. The largest absolute Gasteiger partial charge is 0.258 e. The lowest BCUT2D eigenvalue weighted by atomic mass is 10.0. The topological polar surface area (TPSA) is 12.9 Å². The minimum Gasteiger partial charge on any atom is -0.258 e. The second-order valence-electron chi connectivity index (χ2n) is 2.49. The van der Waals surface area contributed by atoms with E-state index in [0.717, 1.165) is 0 Å². The second kappa shape index (κ2) is 3.46. The summed E-state index contributed by atoms with van der Waals surface area (Å²) in [5, 5.41) is 0. The molecule has 0 aliphatic carbocycles. The summed E-state index contributed by atoms with van der Waals surface area (Å²) in [5.74, 6) is -0.130. The highest BCUT2D eigenvalue weighted by atomic mass is 19.1. The van der Waals surface area contributed by atoms with Crippen LogP contribution < -0.4 is 0 Å². The number of aromatic nitrogens is 1. The van der Waals surface area contributed by atoms with Crippen LogP contribution in [0.3, 0.4) is 0 Å². The van der Waals surface area contributed by atoms with E-state index >= 15 is 0 Å². The van der Waals surface area contributed by atoms with Crippen molar-refractivity contribution in [1.82, 2.24) is 4.98 Å². The summed E-state index contributed by atoms with van der Waals surface area (Å²) in [6.07, 6.45) is 3.53. The Kier molecular flexibility index (Phi) is 2.58. The Labute approximate surface area is 66.3 Å². The van der Waals surface area contributed by atoms with Gasteiger partial charge in [0.2, 0.25) is 0 Å². The molecule has 0 bridgehead atoms. The number of rotatable bonds is 2. The third kappa shape index (κ3) is 1.76. The Balaban J connectivity index is 2.93. The van der Waals surface area contributed by atoms with Gasteiger partial charge < -0.3 is 0 Å². The summed E-state index contributed by atoms with van der Waals surface area (Å²) in [4.78, 5) is 3.94. The van der Waals surface area contributed by atoms with Crippen molar-refractivity contribution in [3.8, 4) is 0 Å². The standard InChI is InChI=1S/C9H11FN/c1-3-7(2)9-8(10)5-4-6-11-9/h3-7H,1-2H3. The molecule has 1 aromatic heterocycles. The Bertz CT molecular complexity index is 235. The third-order valence-electron chi connectivity index (χ3n) is 1.72. The van der Waals surface area contributed by atoms with Crippen LogP contribution in [-0.2, 0) is 0 Å². The first-order valence-corrected chi connectivity index (χ1v) is 3.65. The van der Waals surface area contributed by atoms with Crippen LogP contribution in [0.1, 0.15) is 25.5 Å². The predicted octanol–water partition coefficient (Wildman–Crippen LogP) is 2.55. The molecule has 0 aromatic carbocycles. The molecule has 59 valence electrons. The fraction of sp³-hybridized carbons (Fsp3) is 0.333. The van der Waals surface area contributed by atoms with Gasteiger partial charge in [-0.05, 0) is 18.6 Å². The smallest absolute Gasteiger partial charge is 0.144 e. The maximum absolute atomic E-state index is 12.9.